The van der Waals surface area contributed by atoms with E-state index in [-0.39, 0.29) is 29.0 Å². The first-order valence-corrected chi connectivity index (χ1v) is 14.7. The maximum Gasteiger partial charge on any atom is 0.418 e. The summed E-state index contributed by atoms with van der Waals surface area (Å²) in [4.78, 5) is 4.28. The molecule has 0 spiro atoms. The number of hydrogen-bond donors (Lipinski definition) is 1. The molecule has 1 N–H and O–H groups in total. The van der Waals surface area contributed by atoms with E-state index in [1.807, 2.05) is 30.3 Å². The summed E-state index contributed by atoms with van der Waals surface area (Å²) in [6.45, 7) is 1.55. The van der Waals surface area contributed by atoms with Crippen molar-refractivity contribution in [3.05, 3.63) is 94.1 Å². The summed E-state index contributed by atoms with van der Waals surface area (Å²) < 4.78 is 63.7. The van der Waals surface area contributed by atoms with E-state index in [4.69, 9.17) is 25.8 Å². The van der Waals surface area contributed by atoms with Crippen LogP contribution in [-0.2, 0) is 20.4 Å². The van der Waals surface area contributed by atoms with Crippen LogP contribution in [0.5, 0.6) is 0 Å². The van der Waals surface area contributed by atoms with E-state index in [0.717, 1.165) is 17.7 Å². The van der Waals surface area contributed by atoms with E-state index in [9.17, 15) is 18.3 Å². The van der Waals surface area contributed by atoms with Crippen LogP contribution in [0.2, 0.25) is 5.02 Å². The van der Waals surface area contributed by atoms with Gasteiger partial charge in [-0.3, -0.25) is 4.57 Å². The highest BCUT2D eigenvalue weighted by molar-refractivity contribution is 7.13. The Hall–Kier alpha value is -3.73. The zero-order chi connectivity index (χ0) is 30.6. The lowest BCUT2D eigenvalue weighted by Gasteiger charge is -2.47. The lowest BCUT2D eigenvalue weighted by atomic mass is 9.91. The number of thiazole rings is 1. The van der Waals surface area contributed by atoms with Crippen LogP contribution >= 0.6 is 22.9 Å². The molecular formula is C28H23ClF3N7O4S. The summed E-state index contributed by atoms with van der Waals surface area (Å²) >= 11 is 7.52. The van der Waals surface area contributed by atoms with Crippen LogP contribution in [0.1, 0.15) is 41.2 Å². The number of aliphatic hydroxyl groups excluding tert-OH is 1. The number of halogens is 4. The molecule has 2 saturated heterocycles. The van der Waals surface area contributed by atoms with Crippen molar-refractivity contribution in [3.8, 4) is 16.4 Å². The molecule has 2 fully saturated rings. The van der Waals surface area contributed by atoms with Crippen LogP contribution < -0.4 is 0 Å². The second kappa shape index (κ2) is 11.3. The predicted octanol–water partition coefficient (Wildman–Crippen LogP) is 5.12. The van der Waals surface area contributed by atoms with Crippen molar-refractivity contribution < 1.29 is 32.5 Å². The van der Waals surface area contributed by atoms with E-state index >= 15 is 0 Å². The predicted molar refractivity (Wildman–Crippen MR) is 150 cm³/mol. The first kappa shape index (κ1) is 29.0. The number of aliphatic hydroxyl groups is 1. The molecule has 0 radical (unpaired) electrons. The van der Waals surface area contributed by atoms with Crippen LogP contribution in [0, 0.1) is 6.92 Å². The highest BCUT2D eigenvalue weighted by Crippen LogP contribution is 2.45. The molecular weight excluding hydrogens is 623 g/mol. The number of rotatable bonds is 5. The number of aryl methyl sites for hydroxylation is 1. The summed E-state index contributed by atoms with van der Waals surface area (Å²) in [5.41, 5.74) is -0.0140. The minimum atomic E-state index is -4.71. The maximum absolute atomic E-state index is 14.1. The third kappa shape index (κ3) is 5.18. The van der Waals surface area contributed by atoms with Crippen LogP contribution in [0.15, 0.2) is 66.3 Å². The van der Waals surface area contributed by atoms with Gasteiger partial charge in [-0.15, -0.1) is 26.6 Å². The van der Waals surface area contributed by atoms with E-state index in [0.29, 0.717) is 10.7 Å². The Kier molecular flexibility index (Phi) is 7.46. The number of aromatic nitrogens is 7. The monoisotopic (exact) mass is 645 g/mol. The number of alkyl halides is 3. The maximum atomic E-state index is 14.1. The van der Waals surface area contributed by atoms with Crippen LogP contribution in [0.4, 0.5) is 13.2 Å². The molecule has 2 aliphatic rings. The molecule has 0 bridgehead atoms. The third-order valence-electron chi connectivity index (χ3n) is 7.53. The molecule has 5 heterocycles. The molecule has 6 atom stereocenters. The Morgan fingerprint density at radius 2 is 1.89 bits per heavy atom. The molecule has 2 aromatic carbocycles. The number of hydrogen-bond acceptors (Lipinski definition) is 10. The van der Waals surface area contributed by atoms with Gasteiger partial charge in [0.15, 0.2) is 12.1 Å². The molecule has 2 aliphatic heterocycles. The fourth-order valence-corrected chi connectivity index (χ4v) is 6.33. The molecule has 16 heteroatoms. The van der Waals surface area contributed by atoms with Gasteiger partial charge in [-0.05, 0) is 25.1 Å². The zero-order valence-corrected chi connectivity index (χ0v) is 24.3. The van der Waals surface area contributed by atoms with Crippen LogP contribution in [0.3, 0.4) is 0 Å². The quantitative estimate of drug-likeness (QED) is 0.278. The Balaban J connectivity index is 1.31. The molecule has 228 valence electrons. The van der Waals surface area contributed by atoms with Gasteiger partial charge in [0.2, 0.25) is 0 Å². The molecule has 7 rings (SSSR count). The standard InChI is InChI=1S/C28H23ClF3N7O4S/c1-14-34-36-25(39(14)19-11-16(29)7-8-17(19)28(30,31)32)24-22(40)21(38-12-18(35-37-38)26-33-9-10-44-26)23-20(42-24)13-41-27(43-23)15-5-3-2-4-6-15/h2-12,20-24,27,40H,13H2,1H3/t20?,21-,22?,23+,24-,27?/m1/s1. The van der Waals surface area contributed by atoms with E-state index < -0.39 is 48.5 Å². The zero-order valence-electron chi connectivity index (χ0n) is 22.7. The Morgan fingerprint density at radius 3 is 2.64 bits per heavy atom. The second-order valence-electron chi connectivity index (χ2n) is 10.3. The summed E-state index contributed by atoms with van der Waals surface area (Å²) in [5.74, 6) is 0.0750. The van der Waals surface area contributed by atoms with Gasteiger partial charge in [-0.1, -0.05) is 47.1 Å². The Labute approximate surface area is 256 Å². The van der Waals surface area contributed by atoms with Crippen molar-refractivity contribution >= 4 is 22.9 Å². The van der Waals surface area contributed by atoms with Gasteiger partial charge < -0.3 is 19.3 Å². The van der Waals surface area contributed by atoms with Gasteiger partial charge in [-0.2, -0.15) is 13.2 Å². The van der Waals surface area contributed by atoms with Crippen molar-refractivity contribution in [1.82, 2.24) is 34.7 Å². The minimum Gasteiger partial charge on any atom is -0.388 e. The topological polar surface area (TPSA) is 122 Å². The molecule has 44 heavy (non-hydrogen) atoms. The molecule has 3 unspecified atom stereocenters. The van der Waals surface area contributed by atoms with E-state index in [2.05, 4.69) is 25.5 Å². The van der Waals surface area contributed by atoms with Gasteiger partial charge >= 0.3 is 6.18 Å². The lowest BCUT2D eigenvalue weighted by molar-refractivity contribution is -0.319. The average molecular weight is 646 g/mol. The molecule has 5 aromatic rings. The molecule has 0 saturated carbocycles. The fourth-order valence-electron chi connectivity index (χ4n) is 5.57. The summed E-state index contributed by atoms with van der Waals surface area (Å²) in [7, 11) is 0. The summed E-state index contributed by atoms with van der Waals surface area (Å²) in [6, 6.07) is 11.6. The first-order valence-electron chi connectivity index (χ1n) is 13.5. The van der Waals surface area contributed by atoms with Gasteiger partial charge in [0.05, 0.1) is 24.1 Å². The van der Waals surface area contributed by atoms with Gasteiger partial charge in [-0.25, -0.2) is 9.67 Å². The lowest BCUT2D eigenvalue weighted by Crippen LogP contribution is -2.57. The van der Waals surface area contributed by atoms with Gasteiger partial charge in [0.1, 0.15) is 47.0 Å². The summed E-state index contributed by atoms with van der Waals surface area (Å²) in [5, 5.41) is 31.2. The number of nitrogens with zero attached hydrogens (tertiary/aromatic N) is 7. The van der Waals surface area contributed by atoms with Crippen molar-refractivity contribution in [2.24, 2.45) is 0 Å². The fraction of sp³-hybridized carbons (Fsp3) is 0.321. The van der Waals surface area contributed by atoms with E-state index in [1.165, 1.54) is 33.6 Å². The first-order chi connectivity index (χ1) is 21.2. The van der Waals surface area contributed by atoms with Crippen LogP contribution in [0.25, 0.3) is 16.4 Å². The average Bonchev–Trinajstić information content (AvgIpc) is 3.78. The van der Waals surface area contributed by atoms with Crippen molar-refractivity contribution in [1.29, 1.82) is 0 Å². The second-order valence-corrected chi connectivity index (χ2v) is 11.6. The Morgan fingerprint density at radius 1 is 1.07 bits per heavy atom. The third-order valence-corrected chi connectivity index (χ3v) is 8.56. The van der Waals surface area contributed by atoms with Crippen molar-refractivity contribution in [3.63, 3.8) is 0 Å². The van der Waals surface area contributed by atoms with Crippen LogP contribution in [-0.4, -0.2) is 64.8 Å². The number of ether oxygens (including phenoxy) is 3. The Bertz CT molecular complexity index is 1770. The highest BCUT2D eigenvalue weighted by atomic mass is 35.5. The largest absolute Gasteiger partial charge is 0.418 e. The molecule has 11 nitrogen and oxygen atoms in total. The van der Waals surface area contributed by atoms with Crippen molar-refractivity contribution in [2.45, 2.75) is 49.8 Å². The SMILES string of the molecule is Cc1nnc([C@@H]2OC3COC(c4ccccc4)O[C@@H]3[C@H](n3cc(-c4nccs4)nn3)C2O)n1-c1cc(Cl)ccc1C(F)(F)F. The number of benzene rings is 2. The minimum absolute atomic E-state index is 0.0517. The normalized spacial score (nSPS) is 25.6. The van der Waals surface area contributed by atoms with Crippen molar-refractivity contribution in [2.75, 3.05) is 6.61 Å². The van der Waals surface area contributed by atoms with Gasteiger partial charge in [0.25, 0.3) is 0 Å². The highest BCUT2D eigenvalue weighted by Gasteiger charge is 2.53. The smallest absolute Gasteiger partial charge is 0.388 e. The number of fused-ring (bicyclic) bond motifs is 1. The molecule has 3 aromatic heterocycles. The van der Waals surface area contributed by atoms with Gasteiger partial charge in [0, 0.05) is 22.2 Å². The summed E-state index contributed by atoms with van der Waals surface area (Å²) in [6.07, 6.45) is -6.45. The molecule has 0 aliphatic carbocycles. The van der Waals surface area contributed by atoms with E-state index in [1.54, 1.807) is 17.8 Å². The molecule has 0 amide bonds.